The molecular formula is C18H28N2O3. The highest BCUT2D eigenvalue weighted by molar-refractivity contribution is 5.76. The number of amides is 1. The van der Waals surface area contributed by atoms with E-state index in [1.165, 1.54) is 5.56 Å². The van der Waals surface area contributed by atoms with Gasteiger partial charge in [-0.2, -0.15) is 0 Å². The van der Waals surface area contributed by atoms with Crippen molar-refractivity contribution in [2.45, 2.75) is 32.2 Å². The topological polar surface area (TPSA) is 50.8 Å². The molecule has 1 saturated heterocycles. The van der Waals surface area contributed by atoms with Crippen molar-refractivity contribution in [3.05, 3.63) is 29.8 Å². The fourth-order valence-corrected chi connectivity index (χ4v) is 2.70. The van der Waals surface area contributed by atoms with Gasteiger partial charge >= 0.3 is 0 Å². The maximum absolute atomic E-state index is 12.1. The fourth-order valence-electron chi connectivity index (χ4n) is 2.70. The van der Waals surface area contributed by atoms with E-state index in [9.17, 15) is 4.79 Å². The summed E-state index contributed by atoms with van der Waals surface area (Å²) in [6.07, 6.45) is 2.22. The van der Waals surface area contributed by atoms with Crippen molar-refractivity contribution < 1.29 is 14.3 Å². The number of carbonyl (C=O) groups excluding carboxylic acids is 1. The number of nitrogens with zero attached hydrogens (tertiary/aromatic N) is 1. The van der Waals surface area contributed by atoms with Crippen molar-refractivity contribution >= 4 is 5.91 Å². The van der Waals surface area contributed by atoms with E-state index in [4.69, 9.17) is 9.47 Å². The number of carbonyl (C=O) groups is 1. The van der Waals surface area contributed by atoms with E-state index in [0.717, 1.165) is 44.8 Å². The summed E-state index contributed by atoms with van der Waals surface area (Å²) in [7, 11) is 1.71. The molecule has 1 aliphatic heterocycles. The van der Waals surface area contributed by atoms with E-state index in [-0.39, 0.29) is 5.91 Å². The zero-order chi connectivity index (χ0) is 16.5. The molecule has 1 aromatic carbocycles. The number of methoxy groups -OCH3 is 1. The molecule has 1 fully saturated rings. The van der Waals surface area contributed by atoms with Gasteiger partial charge in [0.2, 0.25) is 5.91 Å². The molecule has 1 N–H and O–H groups in total. The zero-order valence-corrected chi connectivity index (χ0v) is 14.2. The first-order valence-electron chi connectivity index (χ1n) is 8.41. The average molecular weight is 320 g/mol. The lowest BCUT2D eigenvalue weighted by molar-refractivity contribution is -0.132. The third-order valence-corrected chi connectivity index (χ3v) is 4.04. The average Bonchev–Trinajstić information content (AvgIpc) is 2.57. The largest absolute Gasteiger partial charge is 0.494 e. The summed E-state index contributed by atoms with van der Waals surface area (Å²) in [6, 6.07) is 8.46. The van der Waals surface area contributed by atoms with Gasteiger partial charge in [-0.15, -0.1) is 0 Å². The van der Waals surface area contributed by atoms with Gasteiger partial charge in [0.25, 0.3) is 0 Å². The Morgan fingerprint density at radius 2 is 2.09 bits per heavy atom. The van der Waals surface area contributed by atoms with Crippen LogP contribution in [-0.2, 0) is 16.0 Å². The van der Waals surface area contributed by atoms with Gasteiger partial charge in [-0.1, -0.05) is 12.1 Å². The predicted octanol–water partition coefficient (Wildman–Crippen LogP) is 1.85. The highest BCUT2D eigenvalue weighted by atomic mass is 16.5. The van der Waals surface area contributed by atoms with Crippen LogP contribution in [0.3, 0.4) is 0 Å². The highest BCUT2D eigenvalue weighted by Gasteiger charge is 2.19. The van der Waals surface area contributed by atoms with E-state index in [2.05, 4.69) is 24.4 Å². The predicted molar refractivity (Wildman–Crippen MR) is 90.8 cm³/mol. The molecule has 1 atom stereocenters. The molecule has 2 rings (SSSR count). The van der Waals surface area contributed by atoms with E-state index >= 15 is 0 Å². The lowest BCUT2D eigenvalue weighted by atomic mass is 10.1. The van der Waals surface area contributed by atoms with E-state index < -0.39 is 0 Å². The number of hydrogen-bond acceptors (Lipinski definition) is 4. The molecular weight excluding hydrogens is 292 g/mol. The van der Waals surface area contributed by atoms with Crippen LogP contribution in [0.1, 0.15) is 25.3 Å². The van der Waals surface area contributed by atoms with Crippen LogP contribution in [0.25, 0.3) is 0 Å². The summed E-state index contributed by atoms with van der Waals surface area (Å²) in [5.41, 5.74) is 1.24. The van der Waals surface area contributed by atoms with Crippen molar-refractivity contribution in [1.29, 1.82) is 0 Å². The SMILES string of the molecule is COCCc1ccc(OCCCC(=O)N2CCNC(C)C2)cc1. The Hall–Kier alpha value is -1.59. The third-order valence-electron chi connectivity index (χ3n) is 4.04. The Labute approximate surface area is 139 Å². The number of rotatable bonds is 8. The van der Waals surface area contributed by atoms with Crippen LogP contribution in [0.5, 0.6) is 5.75 Å². The first-order valence-corrected chi connectivity index (χ1v) is 8.41. The van der Waals surface area contributed by atoms with E-state index in [1.807, 2.05) is 17.0 Å². The Bertz CT molecular complexity index is 476. The van der Waals surface area contributed by atoms with Gasteiger partial charge in [-0.05, 0) is 37.5 Å². The second kappa shape index (κ2) is 9.53. The Kier molecular flexibility index (Phi) is 7.36. The molecule has 23 heavy (non-hydrogen) atoms. The first-order chi connectivity index (χ1) is 11.2. The van der Waals surface area contributed by atoms with Gasteiger partial charge in [-0.3, -0.25) is 4.79 Å². The summed E-state index contributed by atoms with van der Waals surface area (Å²) in [6.45, 7) is 5.92. The smallest absolute Gasteiger partial charge is 0.222 e. The molecule has 1 unspecified atom stereocenters. The van der Waals surface area contributed by atoms with Gasteiger partial charge in [0.15, 0.2) is 0 Å². The molecule has 0 spiro atoms. The molecule has 1 heterocycles. The van der Waals surface area contributed by atoms with Gasteiger partial charge in [-0.25, -0.2) is 0 Å². The standard InChI is InChI=1S/C18H28N2O3/c1-15-14-20(11-10-19-15)18(21)4-3-12-23-17-7-5-16(6-8-17)9-13-22-2/h5-8,15,19H,3-4,9-14H2,1-2H3. The summed E-state index contributed by atoms with van der Waals surface area (Å²) in [5.74, 6) is 1.09. The maximum atomic E-state index is 12.1. The lowest BCUT2D eigenvalue weighted by Crippen LogP contribution is -2.51. The Morgan fingerprint density at radius 1 is 1.30 bits per heavy atom. The minimum absolute atomic E-state index is 0.233. The molecule has 128 valence electrons. The molecule has 0 aliphatic carbocycles. The zero-order valence-electron chi connectivity index (χ0n) is 14.2. The molecule has 0 saturated carbocycles. The molecule has 0 bridgehead atoms. The molecule has 1 aliphatic rings. The number of hydrogen-bond donors (Lipinski definition) is 1. The lowest BCUT2D eigenvalue weighted by Gasteiger charge is -2.32. The molecule has 0 radical (unpaired) electrons. The van der Waals surface area contributed by atoms with E-state index in [1.54, 1.807) is 7.11 Å². The summed E-state index contributed by atoms with van der Waals surface area (Å²) in [5, 5.41) is 3.35. The number of nitrogens with one attached hydrogen (secondary N) is 1. The maximum Gasteiger partial charge on any atom is 0.222 e. The van der Waals surface area contributed by atoms with Crippen LogP contribution >= 0.6 is 0 Å². The minimum atomic E-state index is 0.233. The Balaban J connectivity index is 1.63. The summed E-state index contributed by atoms with van der Waals surface area (Å²) >= 11 is 0. The quantitative estimate of drug-likeness (QED) is 0.743. The van der Waals surface area contributed by atoms with Gasteiger partial charge < -0.3 is 19.7 Å². The summed E-state index contributed by atoms with van der Waals surface area (Å²) < 4.78 is 10.8. The normalized spacial score (nSPS) is 18.0. The minimum Gasteiger partial charge on any atom is -0.494 e. The molecule has 5 nitrogen and oxygen atoms in total. The molecule has 0 aromatic heterocycles. The summed E-state index contributed by atoms with van der Waals surface area (Å²) in [4.78, 5) is 14.1. The molecule has 5 heteroatoms. The second-order valence-electron chi connectivity index (χ2n) is 6.03. The van der Waals surface area contributed by atoms with Gasteiger partial charge in [0, 0.05) is 39.2 Å². The van der Waals surface area contributed by atoms with Crippen molar-refractivity contribution in [2.75, 3.05) is 40.0 Å². The van der Waals surface area contributed by atoms with Crippen LogP contribution in [0.15, 0.2) is 24.3 Å². The second-order valence-corrected chi connectivity index (χ2v) is 6.03. The van der Waals surface area contributed by atoms with Crippen LogP contribution in [-0.4, -0.2) is 56.8 Å². The van der Waals surface area contributed by atoms with Crippen LogP contribution in [0.2, 0.25) is 0 Å². The van der Waals surface area contributed by atoms with Crippen molar-refractivity contribution in [3.63, 3.8) is 0 Å². The number of piperazine rings is 1. The number of ether oxygens (including phenoxy) is 2. The first kappa shape index (κ1) is 17.8. The molecule has 1 amide bonds. The van der Waals surface area contributed by atoms with E-state index in [0.29, 0.717) is 19.1 Å². The van der Waals surface area contributed by atoms with Gasteiger partial charge in [0.05, 0.1) is 13.2 Å². The van der Waals surface area contributed by atoms with Crippen molar-refractivity contribution in [3.8, 4) is 5.75 Å². The molecule has 1 aromatic rings. The number of benzene rings is 1. The van der Waals surface area contributed by atoms with Crippen molar-refractivity contribution in [2.24, 2.45) is 0 Å². The fraction of sp³-hybridized carbons (Fsp3) is 0.611. The Morgan fingerprint density at radius 3 is 2.78 bits per heavy atom. The van der Waals surface area contributed by atoms with Crippen LogP contribution in [0.4, 0.5) is 0 Å². The monoisotopic (exact) mass is 320 g/mol. The van der Waals surface area contributed by atoms with Crippen LogP contribution in [0, 0.1) is 0 Å². The third kappa shape index (κ3) is 6.20. The van der Waals surface area contributed by atoms with Gasteiger partial charge in [0.1, 0.15) is 5.75 Å². The van der Waals surface area contributed by atoms with Crippen molar-refractivity contribution in [1.82, 2.24) is 10.2 Å². The van der Waals surface area contributed by atoms with Crippen LogP contribution < -0.4 is 10.1 Å². The highest BCUT2D eigenvalue weighted by Crippen LogP contribution is 2.13.